The van der Waals surface area contributed by atoms with Gasteiger partial charge in [0, 0.05) is 6.04 Å². The van der Waals surface area contributed by atoms with Crippen molar-refractivity contribution in [1.29, 1.82) is 0 Å². The van der Waals surface area contributed by atoms with Gasteiger partial charge >= 0.3 is 0 Å². The Morgan fingerprint density at radius 2 is 1.89 bits per heavy atom. The fraction of sp³-hybridized carbons (Fsp3) is 1.00. The fourth-order valence-electron chi connectivity index (χ4n) is 0.704. The molecule has 0 aliphatic heterocycles. The molecule has 0 aromatic heterocycles. The minimum absolute atomic E-state index is 0.106. The van der Waals surface area contributed by atoms with Gasteiger partial charge in [-0.25, -0.2) is 0 Å². The van der Waals surface area contributed by atoms with Gasteiger partial charge in [-0.3, -0.25) is 0 Å². The summed E-state index contributed by atoms with van der Waals surface area (Å²) in [5.74, 6) is 0. The summed E-state index contributed by atoms with van der Waals surface area (Å²) in [6.07, 6.45) is 1.00. The first-order valence-electron chi connectivity index (χ1n) is 3.50. The third kappa shape index (κ3) is 2.33. The maximum absolute atomic E-state index is 5.78. The monoisotopic (exact) mass is 130 g/mol. The smallest absolute Gasteiger partial charge is 0.00997 e. The molecule has 0 radical (unpaired) electrons. The summed E-state index contributed by atoms with van der Waals surface area (Å²) in [6.45, 7) is 6.95. The Morgan fingerprint density at radius 3 is 2.00 bits per heavy atom. The van der Waals surface area contributed by atoms with Crippen LogP contribution in [0.15, 0.2) is 0 Å². The van der Waals surface area contributed by atoms with E-state index in [9.17, 15) is 0 Å². The zero-order valence-corrected chi connectivity index (χ0v) is 6.65. The van der Waals surface area contributed by atoms with Crippen LogP contribution in [0.1, 0.15) is 27.2 Å². The molecular weight excluding hydrogens is 112 g/mol. The van der Waals surface area contributed by atoms with Crippen LogP contribution in [0.2, 0.25) is 0 Å². The summed E-state index contributed by atoms with van der Waals surface area (Å²) in [5, 5.41) is 0. The molecule has 0 saturated heterocycles. The molecule has 0 aromatic rings. The van der Waals surface area contributed by atoms with E-state index in [1.54, 1.807) is 0 Å². The molecule has 1 unspecified atom stereocenters. The molecule has 0 aromatic carbocycles. The molecular formula is C7H18N2. The lowest BCUT2D eigenvalue weighted by Crippen LogP contribution is -2.41. The molecule has 0 amide bonds. The quantitative estimate of drug-likeness (QED) is 0.591. The maximum Gasteiger partial charge on any atom is 0.00997 e. The highest BCUT2D eigenvalue weighted by molar-refractivity contribution is 4.80. The Morgan fingerprint density at radius 1 is 1.44 bits per heavy atom. The molecule has 2 nitrogen and oxygen atoms in total. The number of rotatable bonds is 3. The SMILES string of the molecule is CCC(N)C(C)(C)CN. The average Bonchev–Trinajstić information content (AvgIpc) is 1.86. The standard InChI is InChI=1S/C7H18N2/c1-4-6(9)7(2,3)5-8/h6H,4-5,8-9H2,1-3H3. The summed E-state index contributed by atoms with van der Waals surface area (Å²) < 4.78 is 0. The molecule has 0 heterocycles. The number of hydrogen-bond acceptors (Lipinski definition) is 2. The Kier molecular flexibility index (Phi) is 3.15. The topological polar surface area (TPSA) is 52.0 Å². The summed E-state index contributed by atoms with van der Waals surface area (Å²) in [6, 6.07) is 0.238. The molecule has 56 valence electrons. The van der Waals surface area contributed by atoms with Gasteiger partial charge in [0.2, 0.25) is 0 Å². The van der Waals surface area contributed by atoms with Gasteiger partial charge < -0.3 is 11.5 Å². The van der Waals surface area contributed by atoms with Gasteiger partial charge in [-0.2, -0.15) is 0 Å². The average molecular weight is 130 g/mol. The molecule has 0 rings (SSSR count). The maximum atomic E-state index is 5.78. The highest BCUT2D eigenvalue weighted by Gasteiger charge is 2.22. The van der Waals surface area contributed by atoms with Crippen LogP contribution in [0.25, 0.3) is 0 Å². The molecule has 0 saturated carbocycles. The van der Waals surface area contributed by atoms with E-state index >= 15 is 0 Å². The summed E-state index contributed by atoms with van der Waals surface area (Å²) in [5.41, 5.74) is 11.4. The molecule has 9 heavy (non-hydrogen) atoms. The van der Waals surface area contributed by atoms with Crippen molar-refractivity contribution < 1.29 is 0 Å². The van der Waals surface area contributed by atoms with Crippen molar-refractivity contribution in [2.45, 2.75) is 33.2 Å². The number of hydrogen-bond donors (Lipinski definition) is 2. The van der Waals surface area contributed by atoms with Crippen molar-refractivity contribution in [2.24, 2.45) is 16.9 Å². The Labute approximate surface area is 57.6 Å². The molecule has 0 aliphatic carbocycles. The van der Waals surface area contributed by atoms with Crippen LogP contribution in [-0.2, 0) is 0 Å². The molecule has 0 bridgehead atoms. The van der Waals surface area contributed by atoms with Crippen LogP contribution >= 0.6 is 0 Å². The molecule has 0 aliphatic rings. The van der Waals surface area contributed by atoms with Crippen LogP contribution < -0.4 is 11.5 Å². The lowest BCUT2D eigenvalue weighted by molar-refractivity contribution is 0.290. The van der Waals surface area contributed by atoms with Gasteiger partial charge in [0.1, 0.15) is 0 Å². The van der Waals surface area contributed by atoms with Crippen molar-refractivity contribution in [3.05, 3.63) is 0 Å². The van der Waals surface area contributed by atoms with Crippen LogP contribution in [0.3, 0.4) is 0 Å². The van der Waals surface area contributed by atoms with Gasteiger partial charge in [-0.15, -0.1) is 0 Å². The van der Waals surface area contributed by atoms with E-state index in [2.05, 4.69) is 20.8 Å². The first-order chi connectivity index (χ1) is 4.04. The normalized spacial score (nSPS) is 15.7. The predicted octanol–water partition coefficient (Wildman–Crippen LogP) is 0.709. The molecule has 1 atom stereocenters. The van der Waals surface area contributed by atoms with E-state index in [1.807, 2.05) is 0 Å². The number of nitrogens with two attached hydrogens (primary N) is 2. The van der Waals surface area contributed by atoms with Crippen molar-refractivity contribution in [1.82, 2.24) is 0 Å². The lowest BCUT2D eigenvalue weighted by Gasteiger charge is -2.28. The minimum Gasteiger partial charge on any atom is -0.330 e. The van der Waals surface area contributed by atoms with Crippen LogP contribution in [0.4, 0.5) is 0 Å². The second-order valence-electron chi connectivity index (χ2n) is 3.21. The van der Waals surface area contributed by atoms with Crippen LogP contribution in [0.5, 0.6) is 0 Å². The Hall–Kier alpha value is -0.0800. The van der Waals surface area contributed by atoms with Crippen LogP contribution in [0, 0.1) is 5.41 Å². The third-order valence-corrected chi connectivity index (χ3v) is 1.97. The van der Waals surface area contributed by atoms with Crippen molar-refractivity contribution in [3.8, 4) is 0 Å². The van der Waals surface area contributed by atoms with Gasteiger partial charge in [0.15, 0.2) is 0 Å². The second-order valence-corrected chi connectivity index (χ2v) is 3.21. The van der Waals surface area contributed by atoms with E-state index in [-0.39, 0.29) is 11.5 Å². The van der Waals surface area contributed by atoms with Gasteiger partial charge in [-0.1, -0.05) is 20.8 Å². The van der Waals surface area contributed by atoms with Gasteiger partial charge in [-0.05, 0) is 18.4 Å². The third-order valence-electron chi connectivity index (χ3n) is 1.97. The van der Waals surface area contributed by atoms with E-state index in [0.29, 0.717) is 6.54 Å². The second kappa shape index (κ2) is 3.18. The van der Waals surface area contributed by atoms with Crippen molar-refractivity contribution in [2.75, 3.05) is 6.54 Å². The van der Waals surface area contributed by atoms with E-state index in [0.717, 1.165) is 6.42 Å². The summed E-state index contributed by atoms with van der Waals surface area (Å²) in [7, 11) is 0. The highest BCUT2D eigenvalue weighted by Crippen LogP contribution is 2.18. The Balaban J connectivity index is 3.80. The van der Waals surface area contributed by atoms with E-state index in [4.69, 9.17) is 11.5 Å². The minimum atomic E-state index is 0.106. The van der Waals surface area contributed by atoms with Crippen molar-refractivity contribution >= 4 is 0 Å². The first kappa shape index (κ1) is 8.92. The van der Waals surface area contributed by atoms with Crippen molar-refractivity contribution in [3.63, 3.8) is 0 Å². The fourth-order valence-corrected chi connectivity index (χ4v) is 0.704. The van der Waals surface area contributed by atoms with Gasteiger partial charge in [0.25, 0.3) is 0 Å². The molecule has 0 spiro atoms. The first-order valence-corrected chi connectivity index (χ1v) is 3.50. The highest BCUT2D eigenvalue weighted by atomic mass is 14.7. The summed E-state index contributed by atoms with van der Waals surface area (Å²) >= 11 is 0. The zero-order valence-electron chi connectivity index (χ0n) is 6.65. The largest absolute Gasteiger partial charge is 0.330 e. The zero-order chi connectivity index (χ0) is 7.49. The van der Waals surface area contributed by atoms with Crippen LogP contribution in [-0.4, -0.2) is 12.6 Å². The Bertz CT molecular complexity index is 79.0. The van der Waals surface area contributed by atoms with E-state index in [1.165, 1.54) is 0 Å². The lowest BCUT2D eigenvalue weighted by atomic mass is 9.84. The molecule has 0 fully saturated rings. The summed E-state index contributed by atoms with van der Waals surface area (Å²) in [4.78, 5) is 0. The molecule has 4 N–H and O–H groups in total. The molecule has 2 heteroatoms. The van der Waals surface area contributed by atoms with E-state index < -0.39 is 0 Å². The van der Waals surface area contributed by atoms with Gasteiger partial charge in [0.05, 0.1) is 0 Å². The predicted molar refractivity (Wildman–Crippen MR) is 41.1 cm³/mol.